The second-order valence-corrected chi connectivity index (χ2v) is 7.22. The van der Waals surface area contributed by atoms with Crippen molar-refractivity contribution in [3.05, 3.63) is 83.2 Å². The van der Waals surface area contributed by atoms with Gasteiger partial charge in [0.1, 0.15) is 5.69 Å². The summed E-state index contributed by atoms with van der Waals surface area (Å²) >= 11 is 0. The van der Waals surface area contributed by atoms with Crippen LogP contribution in [0.3, 0.4) is 0 Å². The number of fused-ring (bicyclic) bond motifs is 1. The summed E-state index contributed by atoms with van der Waals surface area (Å²) < 4.78 is 1.83. The molecule has 0 unspecified atom stereocenters. The number of amides is 1. The molecule has 1 aromatic heterocycles. The quantitative estimate of drug-likeness (QED) is 0.722. The molecule has 130 valence electrons. The van der Waals surface area contributed by atoms with Gasteiger partial charge >= 0.3 is 0 Å². The van der Waals surface area contributed by atoms with Crippen LogP contribution in [-0.2, 0) is 13.0 Å². The van der Waals surface area contributed by atoms with Gasteiger partial charge in [0.2, 0.25) is 0 Å². The molecule has 0 saturated heterocycles. The Bertz CT molecular complexity index is 957. The van der Waals surface area contributed by atoms with Crippen LogP contribution in [0.2, 0.25) is 0 Å². The van der Waals surface area contributed by atoms with E-state index in [1.54, 1.807) is 0 Å². The van der Waals surface area contributed by atoms with E-state index in [9.17, 15) is 4.79 Å². The number of benzene rings is 2. The average Bonchev–Trinajstić information content (AvgIpc) is 3.46. The fourth-order valence-electron chi connectivity index (χ4n) is 3.73. The minimum Gasteiger partial charge on any atom is -0.333 e. The molecule has 1 aliphatic carbocycles. The van der Waals surface area contributed by atoms with Crippen molar-refractivity contribution in [3.63, 3.8) is 0 Å². The molecule has 2 heterocycles. The minimum absolute atomic E-state index is 0.0720. The SMILES string of the molecule is O=C(c1cc(C2CC2)nn1-c1ccccc1)N1CCc2ccccc2C1. The molecule has 2 aliphatic rings. The molecule has 1 fully saturated rings. The van der Waals surface area contributed by atoms with Gasteiger partial charge < -0.3 is 4.90 Å². The van der Waals surface area contributed by atoms with Crippen molar-refractivity contribution in [2.45, 2.75) is 31.7 Å². The van der Waals surface area contributed by atoms with Crippen LogP contribution in [0, 0.1) is 0 Å². The molecular weight excluding hydrogens is 322 g/mol. The number of carbonyl (C=O) groups excluding carboxylic acids is 1. The van der Waals surface area contributed by atoms with Crippen LogP contribution in [0.4, 0.5) is 0 Å². The molecule has 2 aromatic carbocycles. The Morgan fingerprint density at radius 2 is 1.69 bits per heavy atom. The zero-order chi connectivity index (χ0) is 17.5. The zero-order valence-electron chi connectivity index (χ0n) is 14.6. The van der Waals surface area contributed by atoms with Gasteiger partial charge in [-0.1, -0.05) is 42.5 Å². The van der Waals surface area contributed by atoms with E-state index < -0.39 is 0 Å². The number of hydrogen-bond donors (Lipinski definition) is 0. The van der Waals surface area contributed by atoms with Crippen LogP contribution in [0.25, 0.3) is 5.69 Å². The molecule has 4 nitrogen and oxygen atoms in total. The molecule has 3 aromatic rings. The normalized spacial score (nSPS) is 16.4. The van der Waals surface area contributed by atoms with Crippen LogP contribution in [0.1, 0.15) is 46.1 Å². The maximum Gasteiger partial charge on any atom is 0.272 e. The lowest BCUT2D eigenvalue weighted by Gasteiger charge is -2.29. The van der Waals surface area contributed by atoms with Crippen molar-refractivity contribution in [1.29, 1.82) is 0 Å². The largest absolute Gasteiger partial charge is 0.333 e. The summed E-state index contributed by atoms with van der Waals surface area (Å²) in [5, 5.41) is 4.77. The van der Waals surface area contributed by atoms with Crippen LogP contribution in [0.15, 0.2) is 60.7 Å². The first-order valence-electron chi connectivity index (χ1n) is 9.31. The summed E-state index contributed by atoms with van der Waals surface area (Å²) in [5.41, 5.74) is 5.28. The summed E-state index contributed by atoms with van der Waals surface area (Å²) in [5.74, 6) is 0.594. The first-order valence-corrected chi connectivity index (χ1v) is 9.31. The summed E-state index contributed by atoms with van der Waals surface area (Å²) in [6, 6.07) is 20.4. The van der Waals surface area contributed by atoms with Gasteiger partial charge in [-0.2, -0.15) is 5.10 Å². The lowest BCUT2D eigenvalue weighted by atomic mass is 10.00. The number of para-hydroxylation sites is 1. The number of aromatic nitrogens is 2. The number of carbonyl (C=O) groups is 1. The molecule has 0 spiro atoms. The Kier molecular flexibility index (Phi) is 3.63. The highest BCUT2D eigenvalue weighted by Gasteiger charge is 2.31. The average molecular weight is 343 g/mol. The predicted molar refractivity (Wildman–Crippen MR) is 100 cm³/mol. The molecule has 5 rings (SSSR count). The first-order chi connectivity index (χ1) is 12.8. The van der Waals surface area contributed by atoms with E-state index in [4.69, 9.17) is 5.10 Å². The summed E-state index contributed by atoms with van der Waals surface area (Å²) in [6.07, 6.45) is 3.27. The molecule has 0 atom stereocenters. The van der Waals surface area contributed by atoms with Crippen molar-refractivity contribution in [1.82, 2.24) is 14.7 Å². The van der Waals surface area contributed by atoms with Gasteiger partial charge in [-0.05, 0) is 48.6 Å². The third-order valence-corrected chi connectivity index (χ3v) is 5.36. The van der Waals surface area contributed by atoms with Gasteiger partial charge in [-0.15, -0.1) is 0 Å². The molecule has 0 radical (unpaired) electrons. The summed E-state index contributed by atoms with van der Waals surface area (Å²) in [4.78, 5) is 15.3. The van der Waals surface area contributed by atoms with Crippen molar-refractivity contribution in [2.24, 2.45) is 0 Å². The van der Waals surface area contributed by atoms with Gasteiger partial charge in [-0.3, -0.25) is 4.79 Å². The predicted octanol–water partition coefficient (Wildman–Crippen LogP) is 3.95. The Morgan fingerprint density at radius 1 is 0.962 bits per heavy atom. The van der Waals surface area contributed by atoms with Gasteiger partial charge in [0.15, 0.2) is 0 Å². The molecule has 4 heteroatoms. The highest BCUT2D eigenvalue weighted by atomic mass is 16.2. The van der Waals surface area contributed by atoms with E-state index in [0.717, 1.165) is 24.3 Å². The molecule has 0 bridgehead atoms. The molecule has 26 heavy (non-hydrogen) atoms. The lowest BCUT2D eigenvalue weighted by molar-refractivity contribution is 0.0725. The van der Waals surface area contributed by atoms with Crippen molar-refractivity contribution >= 4 is 5.91 Å². The smallest absolute Gasteiger partial charge is 0.272 e. The number of hydrogen-bond acceptors (Lipinski definition) is 2. The van der Waals surface area contributed by atoms with E-state index in [1.807, 2.05) is 52.0 Å². The third kappa shape index (κ3) is 2.71. The lowest BCUT2D eigenvalue weighted by Crippen LogP contribution is -2.36. The third-order valence-electron chi connectivity index (χ3n) is 5.36. The van der Waals surface area contributed by atoms with E-state index in [0.29, 0.717) is 18.2 Å². The fraction of sp³-hybridized carbons (Fsp3) is 0.273. The van der Waals surface area contributed by atoms with Crippen molar-refractivity contribution < 1.29 is 4.79 Å². The summed E-state index contributed by atoms with van der Waals surface area (Å²) in [7, 11) is 0. The molecular formula is C22H21N3O. The Morgan fingerprint density at radius 3 is 2.46 bits per heavy atom. The van der Waals surface area contributed by atoms with Crippen LogP contribution < -0.4 is 0 Å². The van der Waals surface area contributed by atoms with E-state index >= 15 is 0 Å². The van der Waals surface area contributed by atoms with E-state index in [2.05, 4.69) is 18.2 Å². The standard InChI is InChI=1S/C22H21N3O/c26-22(24-13-12-16-6-4-5-7-18(16)15-24)21-14-20(17-10-11-17)23-25(21)19-8-2-1-3-9-19/h1-9,14,17H,10-13,15H2. The van der Waals surface area contributed by atoms with E-state index in [-0.39, 0.29) is 5.91 Å². The van der Waals surface area contributed by atoms with Crippen LogP contribution >= 0.6 is 0 Å². The molecule has 1 amide bonds. The monoisotopic (exact) mass is 343 g/mol. The molecule has 1 aliphatic heterocycles. The topological polar surface area (TPSA) is 38.1 Å². The second kappa shape index (κ2) is 6.13. The van der Waals surface area contributed by atoms with Gasteiger partial charge in [0.25, 0.3) is 5.91 Å². The van der Waals surface area contributed by atoms with Crippen molar-refractivity contribution in [2.75, 3.05) is 6.54 Å². The Hall–Kier alpha value is -2.88. The first kappa shape index (κ1) is 15.4. The number of rotatable bonds is 3. The maximum atomic E-state index is 13.3. The van der Waals surface area contributed by atoms with Gasteiger partial charge in [-0.25, -0.2) is 4.68 Å². The minimum atomic E-state index is 0.0720. The highest BCUT2D eigenvalue weighted by Crippen LogP contribution is 2.40. The van der Waals surface area contributed by atoms with E-state index in [1.165, 1.54) is 24.0 Å². The fourth-order valence-corrected chi connectivity index (χ4v) is 3.73. The highest BCUT2D eigenvalue weighted by molar-refractivity contribution is 5.93. The Balaban J connectivity index is 1.50. The van der Waals surface area contributed by atoms with Crippen molar-refractivity contribution in [3.8, 4) is 5.69 Å². The van der Waals surface area contributed by atoms with Crippen LogP contribution in [-0.4, -0.2) is 27.1 Å². The molecule has 1 saturated carbocycles. The molecule has 0 N–H and O–H groups in total. The van der Waals surface area contributed by atoms with Crippen LogP contribution in [0.5, 0.6) is 0 Å². The second-order valence-electron chi connectivity index (χ2n) is 7.22. The number of nitrogens with zero attached hydrogens (tertiary/aromatic N) is 3. The zero-order valence-corrected chi connectivity index (χ0v) is 14.6. The van der Waals surface area contributed by atoms with Gasteiger partial charge in [0, 0.05) is 19.0 Å². The van der Waals surface area contributed by atoms with Gasteiger partial charge in [0.05, 0.1) is 11.4 Å². The maximum absolute atomic E-state index is 13.3. The summed E-state index contributed by atoms with van der Waals surface area (Å²) in [6.45, 7) is 1.43. The Labute approximate surface area is 153 Å².